The molecule has 1 heterocycles. The van der Waals surface area contributed by atoms with Gasteiger partial charge in [0.05, 0.1) is 0 Å². The van der Waals surface area contributed by atoms with Crippen molar-refractivity contribution in [2.75, 3.05) is 0 Å². The summed E-state index contributed by atoms with van der Waals surface area (Å²) >= 11 is 5.69. The summed E-state index contributed by atoms with van der Waals surface area (Å²) in [5, 5.41) is 16.1. The number of nitrogens with zero attached hydrogens (tertiary/aromatic N) is 2. The van der Waals surface area contributed by atoms with Gasteiger partial charge in [-0.1, -0.05) is 11.6 Å². The number of hydrogen-bond acceptors (Lipinski definition) is 4. The minimum absolute atomic E-state index is 0. The molecule has 5 nitrogen and oxygen atoms in total. The zero-order valence-corrected chi connectivity index (χ0v) is 9.10. The molecule has 0 aliphatic carbocycles. The van der Waals surface area contributed by atoms with Crippen LogP contribution in [-0.4, -0.2) is 21.3 Å². The van der Waals surface area contributed by atoms with Crippen LogP contribution in [0, 0.1) is 0 Å². The van der Waals surface area contributed by atoms with Gasteiger partial charge < -0.3 is 11.0 Å². The molecule has 0 spiro atoms. The molecular formula is C9H6ClLiN2O3. The van der Waals surface area contributed by atoms with Crippen LogP contribution in [0.15, 0.2) is 28.7 Å². The number of aromatic carboxylic acids is 1. The Morgan fingerprint density at radius 1 is 1.31 bits per heavy atom. The number of rotatable bonds is 2. The van der Waals surface area contributed by atoms with Crippen molar-refractivity contribution in [2.45, 2.75) is 0 Å². The third-order valence-corrected chi connectivity index (χ3v) is 1.95. The van der Waals surface area contributed by atoms with Gasteiger partial charge in [-0.15, -0.1) is 10.2 Å². The van der Waals surface area contributed by atoms with Gasteiger partial charge in [-0.25, -0.2) is 4.79 Å². The van der Waals surface area contributed by atoms with E-state index in [4.69, 9.17) is 21.1 Å². The van der Waals surface area contributed by atoms with Crippen LogP contribution in [0.25, 0.3) is 11.5 Å². The predicted molar refractivity (Wildman–Crippen MR) is 52.8 cm³/mol. The van der Waals surface area contributed by atoms with E-state index in [9.17, 15) is 4.79 Å². The number of carboxylic acids is 1. The molecule has 0 fully saturated rings. The zero-order valence-electron chi connectivity index (χ0n) is 9.35. The number of aromatic nitrogens is 2. The van der Waals surface area contributed by atoms with E-state index in [2.05, 4.69) is 10.2 Å². The third-order valence-electron chi connectivity index (χ3n) is 1.70. The monoisotopic (exact) mass is 232 g/mol. The van der Waals surface area contributed by atoms with Gasteiger partial charge >= 0.3 is 30.7 Å². The van der Waals surface area contributed by atoms with Gasteiger partial charge in [0.15, 0.2) is 0 Å². The maximum Gasteiger partial charge on any atom is 1.00 e. The van der Waals surface area contributed by atoms with Crippen molar-refractivity contribution in [3.63, 3.8) is 0 Å². The van der Waals surface area contributed by atoms with E-state index in [1.807, 2.05) is 0 Å². The Bertz CT molecular complexity index is 503. The maximum absolute atomic E-state index is 10.5. The molecule has 0 amide bonds. The first-order valence-corrected chi connectivity index (χ1v) is 4.37. The van der Waals surface area contributed by atoms with E-state index in [-0.39, 0.29) is 26.2 Å². The van der Waals surface area contributed by atoms with Crippen LogP contribution in [0.5, 0.6) is 0 Å². The zero-order chi connectivity index (χ0) is 10.8. The SMILES string of the molecule is O=C(O)c1nnc(-c2ccc(Cl)cc2)o1.[H-].[Li+]. The van der Waals surface area contributed by atoms with Crippen LogP contribution in [0.2, 0.25) is 5.02 Å². The van der Waals surface area contributed by atoms with Crippen molar-refractivity contribution in [2.24, 2.45) is 0 Å². The minimum Gasteiger partial charge on any atom is -1.00 e. The molecule has 78 valence electrons. The quantitative estimate of drug-likeness (QED) is 0.687. The van der Waals surface area contributed by atoms with Crippen LogP contribution < -0.4 is 18.9 Å². The Hall–Kier alpha value is -1.28. The molecule has 7 heteroatoms. The van der Waals surface area contributed by atoms with Crippen molar-refractivity contribution in [1.29, 1.82) is 0 Å². The fourth-order valence-corrected chi connectivity index (χ4v) is 1.14. The fraction of sp³-hybridized carbons (Fsp3) is 0. The van der Waals surface area contributed by atoms with Gasteiger partial charge in [0.25, 0.3) is 0 Å². The van der Waals surface area contributed by atoms with Crippen molar-refractivity contribution in [1.82, 2.24) is 10.2 Å². The summed E-state index contributed by atoms with van der Waals surface area (Å²) in [4.78, 5) is 10.5. The summed E-state index contributed by atoms with van der Waals surface area (Å²) < 4.78 is 4.91. The second kappa shape index (κ2) is 5.17. The van der Waals surface area contributed by atoms with E-state index in [1.165, 1.54) is 0 Å². The van der Waals surface area contributed by atoms with Crippen LogP contribution in [0.4, 0.5) is 0 Å². The summed E-state index contributed by atoms with van der Waals surface area (Å²) in [5.74, 6) is -1.52. The Kier molecular flexibility index (Phi) is 4.13. The number of benzene rings is 1. The summed E-state index contributed by atoms with van der Waals surface area (Å²) in [6.45, 7) is 0. The molecule has 1 aromatic carbocycles. The van der Waals surface area contributed by atoms with Crippen molar-refractivity contribution >= 4 is 17.6 Å². The number of halogens is 1. The summed E-state index contributed by atoms with van der Waals surface area (Å²) in [5.41, 5.74) is 0.624. The predicted octanol–water partition coefficient (Wildman–Crippen LogP) is -0.795. The maximum atomic E-state index is 10.5. The molecule has 0 atom stereocenters. The van der Waals surface area contributed by atoms with Gasteiger partial charge in [0, 0.05) is 10.6 Å². The molecular weight excluding hydrogens is 227 g/mol. The number of hydrogen-bond donors (Lipinski definition) is 1. The number of carbonyl (C=O) groups is 1. The van der Waals surface area contributed by atoms with E-state index in [0.29, 0.717) is 10.6 Å². The smallest absolute Gasteiger partial charge is 1.00 e. The average molecular weight is 233 g/mol. The molecule has 0 radical (unpaired) electrons. The molecule has 0 bridgehead atoms. The molecule has 0 saturated carbocycles. The molecule has 1 N–H and O–H groups in total. The van der Waals surface area contributed by atoms with E-state index >= 15 is 0 Å². The van der Waals surface area contributed by atoms with Crippen LogP contribution in [0.3, 0.4) is 0 Å². The van der Waals surface area contributed by atoms with Gasteiger partial charge in [-0.2, -0.15) is 0 Å². The van der Waals surface area contributed by atoms with Crippen LogP contribution in [-0.2, 0) is 0 Å². The first-order valence-electron chi connectivity index (χ1n) is 3.99. The fourth-order valence-electron chi connectivity index (χ4n) is 1.02. The Morgan fingerprint density at radius 2 is 1.94 bits per heavy atom. The second-order valence-corrected chi connectivity index (χ2v) is 3.16. The van der Waals surface area contributed by atoms with E-state index in [0.717, 1.165) is 0 Å². The van der Waals surface area contributed by atoms with E-state index < -0.39 is 11.9 Å². The molecule has 16 heavy (non-hydrogen) atoms. The first-order chi connectivity index (χ1) is 7.16. The van der Waals surface area contributed by atoms with Crippen molar-refractivity contribution in [3.05, 3.63) is 35.2 Å². The Balaban J connectivity index is 0.00000128. The molecule has 1 aromatic heterocycles. The molecule has 0 saturated heterocycles. The standard InChI is InChI=1S/C9H5ClN2O3.Li.H/c10-6-3-1-5(2-4-6)7-11-12-8(15-7)9(13)14;;/h1-4H,(H,13,14);;/q;+1;-1. The van der Waals surface area contributed by atoms with E-state index in [1.54, 1.807) is 24.3 Å². The second-order valence-electron chi connectivity index (χ2n) is 2.72. The largest absolute Gasteiger partial charge is 1.00 e. The van der Waals surface area contributed by atoms with Gasteiger partial charge in [0.1, 0.15) is 0 Å². The van der Waals surface area contributed by atoms with Gasteiger partial charge in [-0.05, 0) is 24.3 Å². The summed E-state index contributed by atoms with van der Waals surface area (Å²) in [6.07, 6.45) is 0. The molecule has 0 unspecified atom stereocenters. The Labute approximate surface area is 109 Å². The molecule has 0 aliphatic rings. The van der Waals surface area contributed by atoms with Gasteiger partial charge in [0.2, 0.25) is 5.89 Å². The van der Waals surface area contributed by atoms with Crippen LogP contribution >= 0.6 is 11.6 Å². The topological polar surface area (TPSA) is 76.2 Å². The minimum atomic E-state index is -1.25. The van der Waals surface area contributed by atoms with Crippen molar-refractivity contribution in [3.8, 4) is 11.5 Å². The van der Waals surface area contributed by atoms with Crippen LogP contribution in [0.1, 0.15) is 12.1 Å². The summed E-state index contributed by atoms with van der Waals surface area (Å²) in [6, 6.07) is 6.64. The van der Waals surface area contributed by atoms with Gasteiger partial charge in [-0.3, -0.25) is 0 Å². The van der Waals surface area contributed by atoms with Crippen molar-refractivity contribution < 1.29 is 34.6 Å². The third kappa shape index (κ3) is 2.64. The Morgan fingerprint density at radius 3 is 2.44 bits per heavy atom. The average Bonchev–Trinajstić information content (AvgIpc) is 2.68. The summed E-state index contributed by atoms with van der Waals surface area (Å²) in [7, 11) is 0. The molecule has 2 aromatic rings. The first kappa shape index (κ1) is 12.8. The molecule has 0 aliphatic heterocycles. The normalized spacial score (nSPS) is 9.56. The number of carboxylic acid groups (broad SMARTS) is 1. The molecule has 2 rings (SSSR count).